The van der Waals surface area contributed by atoms with E-state index in [1.807, 2.05) is 17.9 Å². The summed E-state index contributed by atoms with van der Waals surface area (Å²) in [6.07, 6.45) is 3.88. The molecule has 2 fully saturated rings. The Morgan fingerprint density at radius 3 is 2.94 bits per heavy atom. The molecule has 1 aromatic rings. The van der Waals surface area contributed by atoms with Crippen molar-refractivity contribution in [3.05, 3.63) is 18.0 Å². The second-order valence-corrected chi connectivity index (χ2v) is 4.83. The molecule has 0 aliphatic carbocycles. The van der Waals surface area contributed by atoms with Crippen molar-refractivity contribution >= 4 is 0 Å². The normalized spacial score (nSPS) is 23.8. The van der Waals surface area contributed by atoms with E-state index in [9.17, 15) is 0 Å². The predicted octanol–water partition coefficient (Wildman–Crippen LogP) is 0.411. The number of aryl methyl sites for hydroxylation is 1. The number of rotatable bonds is 3. The van der Waals surface area contributed by atoms with E-state index < -0.39 is 0 Å². The summed E-state index contributed by atoms with van der Waals surface area (Å²) in [6, 6.07) is 2.08. The monoisotopic (exact) mass is 237 g/mol. The largest absolute Gasteiger partial charge is 0.346 e. The van der Waals surface area contributed by atoms with Gasteiger partial charge in [0, 0.05) is 44.9 Å². The van der Waals surface area contributed by atoms with Crippen LogP contribution in [0.1, 0.15) is 12.1 Å². The molecule has 1 spiro atoms. The van der Waals surface area contributed by atoms with Crippen molar-refractivity contribution in [3.8, 4) is 0 Å². The number of ether oxygens (including phenoxy) is 2. The van der Waals surface area contributed by atoms with E-state index in [2.05, 4.69) is 16.1 Å². The molecule has 0 atom stereocenters. The van der Waals surface area contributed by atoms with Gasteiger partial charge >= 0.3 is 0 Å². The Kier molecular flexibility index (Phi) is 2.90. The van der Waals surface area contributed by atoms with E-state index in [0.717, 1.165) is 45.7 Å². The summed E-state index contributed by atoms with van der Waals surface area (Å²) >= 11 is 0. The first kappa shape index (κ1) is 11.2. The number of hydrogen-bond donors (Lipinski definition) is 0. The van der Waals surface area contributed by atoms with Crippen molar-refractivity contribution in [1.82, 2.24) is 14.7 Å². The second kappa shape index (κ2) is 4.40. The molecule has 5 nitrogen and oxygen atoms in total. The number of nitrogens with zero attached hydrogens (tertiary/aromatic N) is 3. The third-order valence-electron chi connectivity index (χ3n) is 3.69. The summed E-state index contributed by atoms with van der Waals surface area (Å²) in [5.74, 6) is -0.285. The first-order valence-corrected chi connectivity index (χ1v) is 6.25. The Morgan fingerprint density at radius 1 is 1.41 bits per heavy atom. The topological polar surface area (TPSA) is 39.5 Å². The van der Waals surface area contributed by atoms with Crippen LogP contribution in [0.15, 0.2) is 12.3 Å². The first-order chi connectivity index (χ1) is 8.27. The SMILES string of the molecule is Cn1nccc1CCN1CCC2(C1)OCCO2. The molecule has 2 saturated heterocycles. The standard InChI is InChI=1S/C12H19N3O2/c1-14-11(2-5-13-14)3-6-15-7-4-12(10-15)16-8-9-17-12/h2,5H,3-4,6-10H2,1H3. The van der Waals surface area contributed by atoms with E-state index in [4.69, 9.17) is 9.47 Å². The van der Waals surface area contributed by atoms with E-state index in [1.165, 1.54) is 5.69 Å². The van der Waals surface area contributed by atoms with Gasteiger partial charge in [-0.15, -0.1) is 0 Å². The lowest BCUT2D eigenvalue weighted by molar-refractivity contribution is -0.145. The fourth-order valence-electron chi connectivity index (χ4n) is 2.67. The fraction of sp³-hybridized carbons (Fsp3) is 0.750. The van der Waals surface area contributed by atoms with Gasteiger partial charge in [-0.3, -0.25) is 9.58 Å². The minimum atomic E-state index is -0.285. The zero-order chi connectivity index (χ0) is 11.7. The van der Waals surface area contributed by atoms with Crippen LogP contribution < -0.4 is 0 Å². The number of aromatic nitrogens is 2. The van der Waals surface area contributed by atoms with Gasteiger partial charge in [0.1, 0.15) is 0 Å². The van der Waals surface area contributed by atoms with Crippen molar-refractivity contribution in [3.63, 3.8) is 0 Å². The third-order valence-corrected chi connectivity index (χ3v) is 3.69. The van der Waals surface area contributed by atoms with Crippen LogP contribution in [-0.2, 0) is 22.9 Å². The van der Waals surface area contributed by atoms with E-state index >= 15 is 0 Å². The minimum absolute atomic E-state index is 0.285. The van der Waals surface area contributed by atoms with Gasteiger partial charge in [0.05, 0.1) is 19.8 Å². The lowest BCUT2D eigenvalue weighted by Gasteiger charge is -2.22. The minimum Gasteiger partial charge on any atom is -0.346 e. The molecule has 0 bridgehead atoms. The van der Waals surface area contributed by atoms with Crippen LogP contribution in [0, 0.1) is 0 Å². The second-order valence-electron chi connectivity index (χ2n) is 4.83. The predicted molar refractivity (Wildman–Crippen MR) is 62.6 cm³/mol. The van der Waals surface area contributed by atoms with Gasteiger partial charge in [0.15, 0.2) is 5.79 Å². The summed E-state index contributed by atoms with van der Waals surface area (Å²) in [7, 11) is 1.99. The molecule has 3 rings (SSSR count). The Morgan fingerprint density at radius 2 is 2.24 bits per heavy atom. The van der Waals surface area contributed by atoms with Gasteiger partial charge in [-0.25, -0.2) is 0 Å². The van der Waals surface area contributed by atoms with Crippen LogP contribution in [0.25, 0.3) is 0 Å². The molecule has 0 N–H and O–H groups in total. The number of likely N-dealkylation sites (tertiary alicyclic amines) is 1. The highest BCUT2D eigenvalue weighted by Crippen LogP contribution is 2.30. The van der Waals surface area contributed by atoms with Gasteiger partial charge in [-0.1, -0.05) is 0 Å². The quantitative estimate of drug-likeness (QED) is 0.763. The van der Waals surface area contributed by atoms with Crippen molar-refractivity contribution in [1.29, 1.82) is 0 Å². The molecular formula is C12H19N3O2. The molecule has 3 heterocycles. The summed E-state index contributed by atoms with van der Waals surface area (Å²) in [4.78, 5) is 2.42. The Labute approximate surface area is 101 Å². The summed E-state index contributed by atoms with van der Waals surface area (Å²) in [6.45, 7) is 4.52. The summed E-state index contributed by atoms with van der Waals surface area (Å²) in [5, 5.41) is 4.18. The van der Waals surface area contributed by atoms with Crippen LogP contribution >= 0.6 is 0 Å². The molecule has 17 heavy (non-hydrogen) atoms. The molecule has 1 aromatic heterocycles. The highest BCUT2D eigenvalue weighted by molar-refractivity contribution is 5.01. The van der Waals surface area contributed by atoms with Crippen molar-refractivity contribution in [2.75, 3.05) is 32.8 Å². The maximum atomic E-state index is 5.71. The molecule has 2 aliphatic heterocycles. The third kappa shape index (κ3) is 2.22. The Hall–Kier alpha value is -0.910. The van der Waals surface area contributed by atoms with Crippen molar-refractivity contribution in [2.24, 2.45) is 7.05 Å². The molecule has 2 aliphatic rings. The summed E-state index contributed by atoms with van der Waals surface area (Å²) in [5.41, 5.74) is 1.28. The molecule has 0 aromatic carbocycles. The van der Waals surface area contributed by atoms with E-state index in [0.29, 0.717) is 0 Å². The zero-order valence-corrected chi connectivity index (χ0v) is 10.3. The van der Waals surface area contributed by atoms with E-state index in [-0.39, 0.29) is 5.79 Å². The van der Waals surface area contributed by atoms with Gasteiger partial charge in [-0.05, 0) is 6.07 Å². The summed E-state index contributed by atoms with van der Waals surface area (Å²) < 4.78 is 13.4. The van der Waals surface area contributed by atoms with Crippen LogP contribution in [0.2, 0.25) is 0 Å². The average molecular weight is 237 g/mol. The van der Waals surface area contributed by atoms with Crippen molar-refractivity contribution in [2.45, 2.75) is 18.6 Å². The number of hydrogen-bond acceptors (Lipinski definition) is 4. The van der Waals surface area contributed by atoms with Gasteiger partial charge in [0.25, 0.3) is 0 Å². The highest BCUT2D eigenvalue weighted by Gasteiger charge is 2.42. The smallest absolute Gasteiger partial charge is 0.182 e. The lowest BCUT2D eigenvalue weighted by atomic mass is 10.2. The van der Waals surface area contributed by atoms with Gasteiger partial charge < -0.3 is 9.47 Å². The fourth-order valence-corrected chi connectivity index (χ4v) is 2.67. The maximum absolute atomic E-state index is 5.71. The molecule has 0 radical (unpaired) electrons. The molecular weight excluding hydrogens is 218 g/mol. The molecule has 0 unspecified atom stereocenters. The van der Waals surface area contributed by atoms with Crippen LogP contribution in [-0.4, -0.2) is 53.3 Å². The zero-order valence-electron chi connectivity index (χ0n) is 10.3. The molecule has 5 heteroatoms. The highest BCUT2D eigenvalue weighted by atomic mass is 16.7. The molecule has 0 amide bonds. The van der Waals surface area contributed by atoms with E-state index in [1.54, 1.807) is 0 Å². The maximum Gasteiger partial charge on any atom is 0.182 e. The van der Waals surface area contributed by atoms with Crippen molar-refractivity contribution < 1.29 is 9.47 Å². The Balaban J connectivity index is 1.52. The molecule has 94 valence electrons. The average Bonchev–Trinajstić information content (AvgIpc) is 3.01. The molecule has 0 saturated carbocycles. The van der Waals surface area contributed by atoms with Crippen LogP contribution in [0.4, 0.5) is 0 Å². The van der Waals surface area contributed by atoms with Gasteiger partial charge in [-0.2, -0.15) is 5.10 Å². The van der Waals surface area contributed by atoms with Crippen LogP contribution in [0.5, 0.6) is 0 Å². The first-order valence-electron chi connectivity index (χ1n) is 6.25. The van der Waals surface area contributed by atoms with Gasteiger partial charge in [0.2, 0.25) is 0 Å². The lowest BCUT2D eigenvalue weighted by Crippen LogP contribution is -2.35. The van der Waals surface area contributed by atoms with Crippen LogP contribution in [0.3, 0.4) is 0 Å². The Bertz CT molecular complexity index is 385.